The van der Waals surface area contributed by atoms with E-state index in [1.807, 2.05) is 0 Å². The lowest BCUT2D eigenvalue weighted by Crippen LogP contribution is -2.05. The van der Waals surface area contributed by atoms with Crippen LogP contribution in [0.15, 0.2) is 0 Å². The quantitative estimate of drug-likeness (QED) is 0.0565. The topological polar surface area (TPSA) is 26.3 Å². The molecule has 0 rings (SSSR count). The van der Waals surface area contributed by atoms with E-state index in [4.69, 9.17) is 4.74 Å². The van der Waals surface area contributed by atoms with Gasteiger partial charge < -0.3 is 4.74 Å². The summed E-state index contributed by atoms with van der Waals surface area (Å²) in [5.74, 6) is 0.0286. The Hall–Kier alpha value is -0.530. The number of hydrogen-bond acceptors (Lipinski definition) is 2. The van der Waals surface area contributed by atoms with E-state index < -0.39 is 0 Å². The molecular formula is C38H76O2. The van der Waals surface area contributed by atoms with Gasteiger partial charge >= 0.3 is 5.97 Å². The first kappa shape index (κ1) is 39.5. The second-order valence-electron chi connectivity index (χ2n) is 12.9. The molecule has 0 aromatic carbocycles. The third-order valence-electron chi connectivity index (χ3n) is 8.75. The molecule has 0 amide bonds. The van der Waals surface area contributed by atoms with Crippen molar-refractivity contribution >= 4 is 5.97 Å². The monoisotopic (exact) mass is 565 g/mol. The SMILES string of the molecule is CCCCCCCCCCCCCCCCCCCCCCOC(=O)CCCCCCCCCCCCCCC. The minimum atomic E-state index is 0.0286. The number of esters is 1. The number of carbonyl (C=O) groups is 1. The zero-order valence-corrected chi connectivity index (χ0v) is 28.1. The fraction of sp³-hybridized carbons (Fsp3) is 0.974. The molecule has 0 N–H and O–H groups in total. The molecule has 0 saturated heterocycles. The van der Waals surface area contributed by atoms with Crippen LogP contribution in [0.3, 0.4) is 0 Å². The highest BCUT2D eigenvalue weighted by Crippen LogP contribution is 2.16. The number of carbonyl (C=O) groups excluding carboxylic acids is 1. The molecular weight excluding hydrogens is 488 g/mol. The lowest BCUT2D eigenvalue weighted by atomic mass is 10.0. The van der Waals surface area contributed by atoms with Crippen molar-refractivity contribution in [2.45, 2.75) is 232 Å². The molecule has 0 aromatic rings. The molecule has 0 saturated carbocycles. The molecule has 0 unspecified atom stereocenters. The molecule has 0 radical (unpaired) electrons. The van der Waals surface area contributed by atoms with Gasteiger partial charge in [0.25, 0.3) is 0 Å². The number of ether oxygens (including phenoxy) is 1. The van der Waals surface area contributed by atoms with Crippen LogP contribution in [0.1, 0.15) is 232 Å². The molecule has 0 aliphatic carbocycles. The second kappa shape index (κ2) is 36.5. The summed E-state index contributed by atoms with van der Waals surface area (Å²) < 4.78 is 5.45. The van der Waals surface area contributed by atoms with Crippen LogP contribution >= 0.6 is 0 Å². The summed E-state index contributed by atoms with van der Waals surface area (Å²) in [4.78, 5) is 11.9. The second-order valence-corrected chi connectivity index (χ2v) is 12.9. The largest absolute Gasteiger partial charge is 0.466 e. The minimum Gasteiger partial charge on any atom is -0.466 e. The van der Waals surface area contributed by atoms with Crippen molar-refractivity contribution in [2.24, 2.45) is 0 Å². The average molecular weight is 565 g/mol. The molecule has 240 valence electrons. The molecule has 0 aromatic heterocycles. The smallest absolute Gasteiger partial charge is 0.305 e. The fourth-order valence-corrected chi connectivity index (χ4v) is 5.90. The Morgan fingerprint density at radius 1 is 0.325 bits per heavy atom. The van der Waals surface area contributed by atoms with E-state index in [1.165, 1.54) is 199 Å². The van der Waals surface area contributed by atoms with Gasteiger partial charge in [-0.05, 0) is 12.8 Å². The van der Waals surface area contributed by atoms with Crippen LogP contribution in [-0.4, -0.2) is 12.6 Å². The maximum Gasteiger partial charge on any atom is 0.305 e. The summed E-state index contributed by atoms with van der Waals surface area (Å²) in [6.07, 6.45) is 46.1. The van der Waals surface area contributed by atoms with Crippen molar-refractivity contribution < 1.29 is 9.53 Å². The van der Waals surface area contributed by atoms with Gasteiger partial charge in [0.15, 0.2) is 0 Å². The van der Waals surface area contributed by atoms with Crippen molar-refractivity contribution in [1.29, 1.82) is 0 Å². The van der Waals surface area contributed by atoms with Gasteiger partial charge in [-0.15, -0.1) is 0 Å². The molecule has 2 nitrogen and oxygen atoms in total. The highest BCUT2D eigenvalue weighted by Gasteiger charge is 2.03. The van der Waals surface area contributed by atoms with Gasteiger partial charge in [-0.3, -0.25) is 4.79 Å². The Balaban J connectivity index is 3.13. The van der Waals surface area contributed by atoms with E-state index in [1.54, 1.807) is 0 Å². The summed E-state index contributed by atoms with van der Waals surface area (Å²) in [6, 6.07) is 0. The third kappa shape index (κ3) is 35.5. The normalized spacial score (nSPS) is 11.3. The van der Waals surface area contributed by atoms with Gasteiger partial charge in [0, 0.05) is 6.42 Å². The van der Waals surface area contributed by atoms with E-state index in [0.29, 0.717) is 13.0 Å². The minimum absolute atomic E-state index is 0.0286. The van der Waals surface area contributed by atoms with Crippen molar-refractivity contribution in [3.05, 3.63) is 0 Å². The van der Waals surface area contributed by atoms with Gasteiger partial charge in [-0.1, -0.05) is 213 Å². The van der Waals surface area contributed by atoms with E-state index in [2.05, 4.69) is 13.8 Å². The molecule has 2 heteroatoms. The van der Waals surface area contributed by atoms with Gasteiger partial charge in [-0.2, -0.15) is 0 Å². The first-order chi connectivity index (χ1) is 19.8. The Morgan fingerprint density at radius 2 is 0.550 bits per heavy atom. The van der Waals surface area contributed by atoms with Crippen LogP contribution in [0.4, 0.5) is 0 Å². The van der Waals surface area contributed by atoms with Gasteiger partial charge in [-0.25, -0.2) is 0 Å². The van der Waals surface area contributed by atoms with E-state index in [-0.39, 0.29) is 5.97 Å². The first-order valence-electron chi connectivity index (χ1n) is 19.0. The van der Waals surface area contributed by atoms with E-state index in [0.717, 1.165) is 12.8 Å². The van der Waals surface area contributed by atoms with Crippen molar-refractivity contribution in [3.63, 3.8) is 0 Å². The lowest BCUT2D eigenvalue weighted by molar-refractivity contribution is -0.143. The molecule has 0 heterocycles. The van der Waals surface area contributed by atoms with Crippen LogP contribution in [0.2, 0.25) is 0 Å². The van der Waals surface area contributed by atoms with Crippen LogP contribution in [0.5, 0.6) is 0 Å². The highest BCUT2D eigenvalue weighted by molar-refractivity contribution is 5.69. The lowest BCUT2D eigenvalue weighted by Gasteiger charge is -2.06. The Labute approximate surface area is 254 Å². The van der Waals surface area contributed by atoms with E-state index in [9.17, 15) is 4.79 Å². The zero-order valence-electron chi connectivity index (χ0n) is 28.1. The van der Waals surface area contributed by atoms with Crippen LogP contribution < -0.4 is 0 Å². The Morgan fingerprint density at radius 3 is 0.825 bits per heavy atom. The summed E-state index contributed by atoms with van der Waals surface area (Å²) in [5, 5.41) is 0. The highest BCUT2D eigenvalue weighted by atomic mass is 16.5. The van der Waals surface area contributed by atoms with Gasteiger partial charge in [0.05, 0.1) is 6.61 Å². The molecule has 40 heavy (non-hydrogen) atoms. The molecule has 0 aliphatic heterocycles. The summed E-state index contributed by atoms with van der Waals surface area (Å²) >= 11 is 0. The molecule has 0 fully saturated rings. The van der Waals surface area contributed by atoms with Gasteiger partial charge in [0.2, 0.25) is 0 Å². The number of rotatable bonds is 35. The van der Waals surface area contributed by atoms with E-state index >= 15 is 0 Å². The van der Waals surface area contributed by atoms with Crippen molar-refractivity contribution in [2.75, 3.05) is 6.61 Å². The van der Waals surface area contributed by atoms with Crippen LogP contribution in [-0.2, 0) is 9.53 Å². The predicted molar refractivity (Wildman–Crippen MR) is 179 cm³/mol. The fourth-order valence-electron chi connectivity index (χ4n) is 5.90. The first-order valence-corrected chi connectivity index (χ1v) is 19.0. The molecule has 0 bridgehead atoms. The Kier molecular flexibility index (Phi) is 36.0. The summed E-state index contributed by atoms with van der Waals surface area (Å²) in [6.45, 7) is 5.22. The van der Waals surface area contributed by atoms with Crippen LogP contribution in [0, 0.1) is 0 Å². The van der Waals surface area contributed by atoms with Crippen molar-refractivity contribution in [1.82, 2.24) is 0 Å². The van der Waals surface area contributed by atoms with Gasteiger partial charge in [0.1, 0.15) is 0 Å². The average Bonchev–Trinajstić information content (AvgIpc) is 2.96. The standard InChI is InChI=1S/C38H76O2/c1-3-5-7-9-11-13-15-17-18-19-20-21-22-23-25-27-29-31-33-35-37-40-38(39)36-34-32-30-28-26-24-16-14-12-10-8-6-4-2/h3-37H2,1-2H3. The Bertz CT molecular complexity index is 460. The summed E-state index contributed by atoms with van der Waals surface area (Å²) in [7, 11) is 0. The third-order valence-corrected chi connectivity index (χ3v) is 8.75. The molecule has 0 spiro atoms. The summed E-state index contributed by atoms with van der Waals surface area (Å²) in [5.41, 5.74) is 0. The zero-order chi connectivity index (χ0) is 29.0. The number of unbranched alkanes of at least 4 members (excludes halogenated alkanes) is 31. The molecule has 0 aliphatic rings. The maximum absolute atomic E-state index is 11.9. The molecule has 0 atom stereocenters. The van der Waals surface area contributed by atoms with Crippen LogP contribution in [0.25, 0.3) is 0 Å². The number of hydrogen-bond donors (Lipinski definition) is 0. The maximum atomic E-state index is 11.9. The predicted octanol–water partition coefficient (Wildman–Crippen LogP) is 13.8. The van der Waals surface area contributed by atoms with Crippen molar-refractivity contribution in [3.8, 4) is 0 Å².